The van der Waals surface area contributed by atoms with Crippen LogP contribution in [0.3, 0.4) is 0 Å². The van der Waals surface area contributed by atoms with Crippen LogP contribution < -0.4 is 0 Å². The van der Waals surface area contributed by atoms with Crippen LogP contribution in [0.15, 0.2) is 0 Å². The van der Waals surface area contributed by atoms with E-state index in [1.165, 1.54) is 7.11 Å². The molecule has 0 aliphatic carbocycles. The molecule has 82 valence electrons. The van der Waals surface area contributed by atoms with E-state index in [1.54, 1.807) is 0 Å². The molecule has 0 saturated heterocycles. The first kappa shape index (κ1) is 10.4. The van der Waals surface area contributed by atoms with Crippen LogP contribution in [0.1, 0.15) is 18.1 Å². The van der Waals surface area contributed by atoms with Gasteiger partial charge in [0.1, 0.15) is 11.6 Å². The second-order valence-electron chi connectivity index (χ2n) is 3.54. The average Bonchev–Trinajstić information content (AvgIpc) is 2.69. The fraction of sp³-hybridized carbons (Fsp3) is 0.667. The van der Waals surface area contributed by atoms with Crippen molar-refractivity contribution in [2.75, 3.05) is 7.11 Å². The van der Waals surface area contributed by atoms with E-state index in [0.29, 0.717) is 12.4 Å². The minimum atomic E-state index is -0.171. The van der Waals surface area contributed by atoms with Crippen molar-refractivity contribution >= 4 is 17.6 Å². The Balaban J connectivity index is 2.20. The number of alkyl halides is 1. The molecule has 0 saturated carbocycles. The second-order valence-corrected chi connectivity index (χ2v) is 3.80. The summed E-state index contributed by atoms with van der Waals surface area (Å²) in [5.41, 5.74) is 0. The number of ether oxygens (including phenoxy) is 1. The van der Waals surface area contributed by atoms with E-state index < -0.39 is 0 Å². The Morgan fingerprint density at radius 3 is 3.13 bits per heavy atom. The van der Waals surface area contributed by atoms with Crippen molar-refractivity contribution < 1.29 is 9.53 Å². The predicted octanol–water partition coefficient (Wildman–Crippen LogP) is 0.752. The molecule has 0 bridgehead atoms. The number of carbonyl (C=O) groups excluding carboxylic acids is 1. The number of hydrogen-bond donors (Lipinski definition) is 0. The SMILES string of the molecule is COC(=O)C1CCc2nnc(CCl)n2C1. The van der Waals surface area contributed by atoms with Crippen LogP contribution in [-0.4, -0.2) is 27.8 Å². The number of halogens is 1. The zero-order valence-electron chi connectivity index (χ0n) is 8.44. The molecule has 0 fully saturated rings. The molecular weight excluding hydrogens is 218 g/mol. The zero-order valence-corrected chi connectivity index (χ0v) is 9.20. The highest BCUT2D eigenvalue weighted by atomic mass is 35.5. The van der Waals surface area contributed by atoms with Crippen molar-refractivity contribution in [3.63, 3.8) is 0 Å². The van der Waals surface area contributed by atoms with Gasteiger partial charge in [-0.05, 0) is 6.42 Å². The minimum Gasteiger partial charge on any atom is -0.469 e. The molecule has 0 aromatic carbocycles. The topological polar surface area (TPSA) is 57.0 Å². The lowest BCUT2D eigenvalue weighted by Crippen LogP contribution is -2.28. The third-order valence-electron chi connectivity index (χ3n) is 2.68. The first-order valence-electron chi connectivity index (χ1n) is 4.81. The molecule has 15 heavy (non-hydrogen) atoms. The van der Waals surface area contributed by atoms with E-state index in [-0.39, 0.29) is 11.9 Å². The van der Waals surface area contributed by atoms with Gasteiger partial charge in [-0.15, -0.1) is 21.8 Å². The molecule has 6 heteroatoms. The smallest absolute Gasteiger partial charge is 0.310 e. The largest absolute Gasteiger partial charge is 0.469 e. The zero-order chi connectivity index (χ0) is 10.8. The summed E-state index contributed by atoms with van der Waals surface area (Å²) in [6, 6.07) is 0. The first-order chi connectivity index (χ1) is 7.26. The van der Waals surface area contributed by atoms with Gasteiger partial charge in [0.25, 0.3) is 0 Å². The van der Waals surface area contributed by atoms with Crippen molar-refractivity contribution in [3.05, 3.63) is 11.6 Å². The second kappa shape index (κ2) is 4.18. The summed E-state index contributed by atoms with van der Waals surface area (Å²) < 4.78 is 6.64. The minimum absolute atomic E-state index is 0.0968. The van der Waals surface area contributed by atoms with E-state index in [4.69, 9.17) is 16.3 Å². The van der Waals surface area contributed by atoms with Crippen molar-refractivity contribution in [1.29, 1.82) is 0 Å². The third kappa shape index (κ3) is 1.84. The number of aryl methyl sites for hydroxylation is 1. The lowest BCUT2D eigenvalue weighted by Gasteiger charge is -2.21. The van der Waals surface area contributed by atoms with Crippen LogP contribution in [0.25, 0.3) is 0 Å². The van der Waals surface area contributed by atoms with Gasteiger partial charge in [0.05, 0.1) is 18.9 Å². The summed E-state index contributed by atoms with van der Waals surface area (Å²) in [5.74, 6) is 1.68. The molecule has 2 heterocycles. The molecule has 1 aliphatic rings. The molecule has 1 aromatic heterocycles. The van der Waals surface area contributed by atoms with Crippen molar-refractivity contribution in [2.24, 2.45) is 5.92 Å². The summed E-state index contributed by atoms with van der Waals surface area (Å²) in [4.78, 5) is 11.4. The van der Waals surface area contributed by atoms with Gasteiger partial charge in [0, 0.05) is 13.0 Å². The normalized spacial score (nSPS) is 19.7. The number of esters is 1. The van der Waals surface area contributed by atoms with E-state index in [1.807, 2.05) is 4.57 Å². The summed E-state index contributed by atoms with van der Waals surface area (Å²) in [6.45, 7) is 0.580. The summed E-state index contributed by atoms with van der Waals surface area (Å²) >= 11 is 5.73. The molecule has 0 radical (unpaired) electrons. The number of methoxy groups -OCH3 is 1. The van der Waals surface area contributed by atoms with Crippen LogP contribution in [0.5, 0.6) is 0 Å². The number of carbonyl (C=O) groups is 1. The maximum atomic E-state index is 11.4. The van der Waals surface area contributed by atoms with Gasteiger partial charge in [-0.3, -0.25) is 4.79 Å². The van der Waals surface area contributed by atoms with Crippen LogP contribution in [0, 0.1) is 5.92 Å². The number of rotatable bonds is 2. The van der Waals surface area contributed by atoms with E-state index in [9.17, 15) is 4.79 Å². The fourth-order valence-corrected chi connectivity index (χ4v) is 2.04. The van der Waals surface area contributed by atoms with Crippen molar-refractivity contribution in [2.45, 2.75) is 25.3 Å². The van der Waals surface area contributed by atoms with Crippen LogP contribution in [0.2, 0.25) is 0 Å². The van der Waals surface area contributed by atoms with Crippen molar-refractivity contribution in [1.82, 2.24) is 14.8 Å². The first-order valence-corrected chi connectivity index (χ1v) is 5.34. The molecule has 1 aliphatic heterocycles. The summed E-state index contributed by atoms with van der Waals surface area (Å²) in [5, 5.41) is 7.99. The van der Waals surface area contributed by atoms with Gasteiger partial charge in [-0.25, -0.2) is 0 Å². The number of fused-ring (bicyclic) bond motifs is 1. The number of nitrogens with zero attached hydrogens (tertiary/aromatic N) is 3. The highest BCUT2D eigenvalue weighted by molar-refractivity contribution is 6.16. The molecule has 0 amide bonds. The molecular formula is C9H12ClN3O2. The Labute approximate surface area is 92.4 Å². The molecule has 1 unspecified atom stereocenters. The number of hydrogen-bond acceptors (Lipinski definition) is 4. The Hall–Kier alpha value is -1.10. The lowest BCUT2D eigenvalue weighted by atomic mass is 9.99. The highest BCUT2D eigenvalue weighted by Crippen LogP contribution is 2.21. The van der Waals surface area contributed by atoms with Gasteiger partial charge < -0.3 is 9.30 Å². The molecule has 1 aromatic rings. The lowest BCUT2D eigenvalue weighted by molar-refractivity contribution is -0.146. The molecule has 2 rings (SSSR count). The van der Waals surface area contributed by atoms with Gasteiger partial charge in [0.15, 0.2) is 0 Å². The van der Waals surface area contributed by atoms with Crippen LogP contribution in [-0.2, 0) is 28.4 Å². The maximum Gasteiger partial charge on any atom is 0.310 e. The van der Waals surface area contributed by atoms with Crippen molar-refractivity contribution in [3.8, 4) is 0 Å². The monoisotopic (exact) mass is 229 g/mol. The Kier molecular flexibility index (Phi) is 2.90. The Bertz CT molecular complexity index is 364. The molecule has 0 spiro atoms. The van der Waals surface area contributed by atoms with Gasteiger partial charge >= 0.3 is 5.97 Å². The van der Waals surface area contributed by atoms with E-state index in [0.717, 1.165) is 24.5 Å². The van der Waals surface area contributed by atoms with E-state index >= 15 is 0 Å². The average molecular weight is 230 g/mol. The van der Waals surface area contributed by atoms with Gasteiger partial charge in [0.2, 0.25) is 0 Å². The maximum absolute atomic E-state index is 11.4. The molecule has 1 atom stereocenters. The molecule has 5 nitrogen and oxygen atoms in total. The van der Waals surface area contributed by atoms with Crippen LogP contribution in [0.4, 0.5) is 0 Å². The fourth-order valence-electron chi connectivity index (χ4n) is 1.84. The highest BCUT2D eigenvalue weighted by Gasteiger charge is 2.27. The quantitative estimate of drug-likeness (QED) is 0.555. The molecule has 0 N–H and O–H groups in total. The Morgan fingerprint density at radius 2 is 2.47 bits per heavy atom. The third-order valence-corrected chi connectivity index (χ3v) is 2.92. The Morgan fingerprint density at radius 1 is 1.67 bits per heavy atom. The summed E-state index contributed by atoms with van der Waals surface area (Å²) in [7, 11) is 1.41. The number of aromatic nitrogens is 3. The van der Waals surface area contributed by atoms with Crippen LogP contribution >= 0.6 is 11.6 Å². The van der Waals surface area contributed by atoms with E-state index in [2.05, 4.69) is 10.2 Å². The van der Waals surface area contributed by atoms with Gasteiger partial charge in [-0.1, -0.05) is 0 Å². The predicted molar refractivity (Wildman–Crippen MR) is 53.4 cm³/mol. The summed E-state index contributed by atoms with van der Waals surface area (Å²) in [6.07, 6.45) is 1.52. The van der Waals surface area contributed by atoms with Gasteiger partial charge in [-0.2, -0.15) is 0 Å². The standard InChI is InChI=1S/C9H12ClN3O2/c1-15-9(14)6-2-3-7-11-12-8(4-10)13(7)5-6/h6H,2-5H2,1H3.